The molecule has 17 heavy (non-hydrogen) atoms. The summed E-state index contributed by atoms with van der Waals surface area (Å²) in [4.78, 5) is 1.04. The first-order valence-corrected chi connectivity index (χ1v) is 7.25. The van der Waals surface area contributed by atoms with Gasteiger partial charge in [-0.1, -0.05) is 36.1 Å². The molecule has 2 N–H and O–H groups in total. The Hall–Kier alpha value is -0.920. The van der Waals surface area contributed by atoms with Crippen molar-refractivity contribution < 1.29 is 0 Å². The summed E-state index contributed by atoms with van der Waals surface area (Å²) in [5, 5.41) is 14.2. The summed E-state index contributed by atoms with van der Waals surface area (Å²) in [6.45, 7) is 4.17. The molecule has 2 heterocycles. The molecule has 1 atom stereocenters. The second kappa shape index (κ2) is 5.61. The van der Waals surface area contributed by atoms with Crippen LogP contribution in [0, 0.1) is 0 Å². The molecule has 0 aromatic carbocycles. The smallest absolute Gasteiger partial charge is 0.161 e. The molecule has 0 spiro atoms. The van der Waals surface area contributed by atoms with Crippen LogP contribution in [0.2, 0.25) is 0 Å². The van der Waals surface area contributed by atoms with Crippen molar-refractivity contribution in [3.63, 3.8) is 0 Å². The lowest BCUT2D eigenvalue weighted by molar-refractivity contribution is 0.683. The van der Waals surface area contributed by atoms with Crippen LogP contribution in [-0.4, -0.2) is 19.8 Å². The fraction of sp³-hybridized carbons (Fsp3) is 0.600. The van der Waals surface area contributed by atoms with Gasteiger partial charge in [0.2, 0.25) is 0 Å². The Morgan fingerprint density at radius 1 is 1.24 bits per heavy atom. The number of nitrogens with two attached hydrogens (primary N) is 1. The van der Waals surface area contributed by atoms with Crippen LogP contribution in [-0.2, 0) is 6.42 Å². The van der Waals surface area contributed by atoms with E-state index in [4.69, 9.17) is 5.73 Å². The van der Waals surface area contributed by atoms with Gasteiger partial charge in [0.1, 0.15) is 9.88 Å². The van der Waals surface area contributed by atoms with E-state index in [9.17, 15) is 0 Å². The highest BCUT2D eigenvalue weighted by Gasteiger charge is 2.16. The predicted octanol–water partition coefficient (Wildman–Crippen LogP) is 2.42. The lowest BCUT2D eigenvalue weighted by Crippen LogP contribution is -2.07. The van der Waals surface area contributed by atoms with Gasteiger partial charge >= 0.3 is 0 Å². The highest BCUT2D eigenvalue weighted by atomic mass is 32.1. The van der Waals surface area contributed by atoms with E-state index in [-0.39, 0.29) is 6.04 Å². The molecule has 0 amide bonds. The maximum atomic E-state index is 5.94. The molecule has 0 saturated carbocycles. The van der Waals surface area contributed by atoms with E-state index >= 15 is 0 Å². The zero-order chi connectivity index (χ0) is 12.3. The Balaban J connectivity index is 2.27. The van der Waals surface area contributed by atoms with Crippen LogP contribution in [0.15, 0.2) is 0 Å². The fourth-order valence-electron chi connectivity index (χ4n) is 1.42. The second-order valence-corrected chi connectivity index (χ2v) is 5.52. The topological polar surface area (TPSA) is 77.6 Å². The van der Waals surface area contributed by atoms with Crippen LogP contribution in [0.4, 0.5) is 0 Å². The van der Waals surface area contributed by atoms with Gasteiger partial charge in [-0.05, 0) is 24.4 Å². The van der Waals surface area contributed by atoms with Crippen molar-refractivity contribution in [3.05, 3.63) is 10.7 Å². The van der Waals surface area contributed by atoms with E-state index in [1.165, 1.54) is 11.5 Å². The van der Waals surface area contributed by atoms with Crippen molar-refractivity contribution in [2.75, 3.05) is 0 Å². The fourth-order valence-corrected chi connectivity index (χ4v) is 3.14. The van der Waals surface area contributed by atoms with Crippen molar-refractivity contribution in [1.82, 2.24) is 19.8 Å². The van der Waals surface area contributed by atoms with E-state index in [1.807, 2.05) is 6.92 Å². The number of hydrogen-bond donors (Lipinski definition) is 1. The Kier molecular flexibility index (Phi) is 4.14. The maximum Gasteiger partial charge on any atom is 0.161 e. The Morgan fingerprint density at radius 2 is 2.06 bits per heavy atom. The van der Waals surface area contributed by atoms with Gasteiger partial charge in [0.05, 0.1) is 11.7 Å². The first-order valence-electron chi connectivity index (χ1n) is 5.66. The lowest BCUT2D eigenvalue weighted by Gasteiger charge is -2.00. The summed E-state index contributed by atoms with van der Waals surface area (Å²) >= 11 is 2.93. The second-order valence-electron chi connectivity index (χ2n) is 3.76. The molecule has 0 bridgehead atoms. The average Bonchev–Trinajstić information content (AvgIpc) is 2.96. The normalized spacial score (nSPS) is 12.9. The van der Waals surface area contributed by atoms with Crippen LogP contribution in [0.3, 0.4) is 0 Å². The molecule has 92 valence electrons. The van der Waals surface area contributed by atoms with Gasteiger partial charge in [0.15, 0.2) is 5.01 Å². The molecule has 0 fully saturated rings. The van der Waals surface area contributed by atoms with E-state index in [0.29, 0.717) is 0 Å². The summed E-state index contributed by atoms with van der Waals surface area (Å²) < 4.78 is 3.99. The van der Waals surface area contributed by atoms with Crippen LogP contribution in [0.5, 0.6) is 0 Å². The summed E-state index contributed by atoms with van der Waals surface area (Å²) in [6, 6.07) is -0.0169. The van der Waals surface area contributed by atoms with Gasteiger partial charge in [-0.25, -0.2) is 0 Å². The number of hydrogen-bond acceptors (Lipinski definition) is 7. The Bertz CT molecular complexity index is 479. The molecular formula is C10H15N5S2. The van der Waals surface area contributed by atoms with Crippen molar-refractivity contribution in [1.29, 1.82) is 0 Å². The van der Waals surface area contributed by atoms with E-state index < -0.39 is 0 Å². The standard InChI is InChI=1S/C10H15N5S2/c1-3-5-7-8(17-15-12-7)10-14-13-9(16-10)6(11)4-2/h6H,3-5,11H2,1-2H3. The highest BCUT2D eigenvalue weighted by molar-refractivity contribution is 7.19. The molecule has 0 aliphatic rings. The molecule has 0 radical (unpaired) electrons. The monoisotopic (exact) mass is 269 g/mol. The third kappa shape index (κ3) is 2.67. The first kappa shape index (κ1) is 12.5. The maximum absolute atomic E-state index is 5.94. The Labute approximate surface area is 108 Å². The van der Waals surface area contributed by atoms with E-state index in [1.54, 1.807) is 11.3 Å². The number of rotatable bonds is 5. The largest absolute Gasteiger partial charge is 0.322 e. The van der Waals surface area contributed by atoms with Crippen LogP contribution in [0.1, 0.15) is 43.4 Å². The van der Waals surface area contributed by atoms with Crippen LogP contribution < -0.4 is 5.73 Å². The van der Waals surface area contributed by atoms with Gasteiger partial charge in [0, 0.05) is 0 Å². The minimum Gasteiger partial charge on any atom is -0.322 e. The summed E-state index contributed by atoms with van der Waals surface area (Å²) in [6.07, 6.45) is 2.86. The molecule has 7 heteroatoms. The van der Waals surface area contributed by atoms with Gasteiger partial charge < -0.3 is 5.73 Å². The average molecular weight is 269 g/mol. The third-order valence-corrected chi connectivity index (χ3v) is 4.41. The first-order chi connectivity index (χ1) is 8.26. The van der Waals surface area contributed by atoms with Gasteiger partial charge in [-0.15, -0.1) is 15.3 Å². The predicted molar refractivity (Wildman–Crippen MR) is 70.0 cm³/mol. The molecule has 2 rings (SSSR count). The van der Waals surface area contributed by atoms with E-state index in [0.717, 1.165) is 39.8 Å². The molecular weight excluding hydrogens is 254 g/mol. The quantitative estimate of drug-likeness (QED) is 0.902. The number of nitrogens with zero attached hydrogens (tertiary/aromatic N) is 4. The van der Waals surface area contributed by atoms with Crippen LogP contribution >= 0.6 is 22.9 Å². The van der Waals surface area contributed by atoms with Crippen molar-refractivity contribution in [3.8, 4) is 9.88 Å². The third-order valence-electron chi connectivity index (χ3n) is 2.43. The van der Waals surface area contributed by atoms with Crippen molar-refractivity contribution in [2.45, 2.75) is 39.2 Å². The highest BCUT2D eigenvalue weighted by Crippen LogP contribution is 2.31. The van der Waals surface area contributed by atoms with Gasteiger partial charge in [-0.2, -0.15) is 0 Å². The minimum absolute atomic E-state index is 0.0169. The SMILES string of the molecule is CCCc1nnsc1-c1nnc(C(N)CC)s1. The molecule has 0 aliphatic heterocycles. The molecule has 2 aromatic heterocycles. The van der Waals surface area contributed by atoms with Gasteiger partial charge in [-0.3, -0.25) is 0 Å². The molecule has 2 aromatic rings. The minimum atomic E-state index is -0.0169. The van der Waals surface area contributed by atoms with Crippen molar-refractivity contribution >= 4 is 22.9 Å². The molecule has 5 nitrogen and oxygen atoms in total. The van der Waals surface area contributed by atoms with Gasteiger partial charge in [0.25, 0.3) is 0 Å². The molecule has 1 unspecified atom stereocenters. The molecule has 0 saturated heterocycles. The number of aryl methyl sites for hydroxylation is 1. The number of aromatic nitrogens is 4. The van der Waals surface area contributed by atoms with Crippen LogP contribution in [0.25, 0.3) is 9.88 Å². The summed E-state index contributed by atoms with van der Waals surface area (Å²) in [5.41, 5.74) is 6.96. The van der Waals surface area contributed by atoms with E-state index in [2.05, 4.69) is 26.7 Å². The zero-order valence-electron chi connectivity index (χ0n) is 9.88. The summed E-state index contributed by atoms with van der Waals surface area (Å²) in [5.74, 6) is 0. The molecule has 0 aliphatic carbocycles. The lowest BCUT2D eigenvalue weighted by atomic mass is 10.2. The Morgan fingerprint density at radius 3 is 2.76 bits per heavy atom. The zero-order valence-corrected chi connectivity index (χ0v) is 11.5. The summed E-state index contributed by atoms with van der Waals surface area (Å²) in [7, 11) is 0. The van der Waals surface area contributed by atoms with Crippen molar-refractivity contribution in [2.24, 2.45) is 5.73 Å².